The van der Waals surface area contributed by atoms with Crippen molar-refractivity contribution in [2.75, 3.05) is 24.7 Å². The second kappa shape index (κ2) is 5.19. The van der Waals surface area contributed by atoms with Crippen LogP contribution in [0, 0.1) is 5.92 Å². The maximum absolute atomic E-state index is 12.2. The molecule has 0 radical (unpaired) electrons. The summed E-state index contributed by atoms with van der Waals surface area (Å²) in [6, 6.07) is 5.41. The largest absolute Gasteiger partial charge is 0.486 e. The van der Waals surface area contributed by atoms with Gasteiger partial charge in [0.2, 0.25) is 11.8 Å². The van der Waals surface area contributed by atoms with E-state index in [0.29, 0.717) is 37.7 Å². The van der Waals surface area contributed by atoms with E-state index in [9.17, 15) is 9.59 Å². The van der Waals surface area contributed by atoms with Gasteiger partial charge in [-0.2, -0.15) is 0 Å². The molecule has 1 atom stereocenters. The summed E-state index contributed by atoms with van der Waals surface area (Å²) in [4.78, 5) is 25.8. The average Bonchev–Trinajstić information content (AvgIpc) is 3.31. The van der Waals surface area contributed by atoms with Gasteiger partial charge in [-0.1, -0.05) is 0 Å². The van der Waals surface area contributed by atoms with E-state index in [1.165, 1.54) is 0 Å². The number of nitrogens with zero attached hydrogens (tertiary/aromatic N) is 1. The summed E-state index contributed by atoms with van der Waals surface area (Å²) >= 11 is 0. The summed E-state index contributed by atoms with van der Waals surface area (Å²) in [6.45, 7) is 1.58. The molecule has 0 spiro atoms. The van der Waals surface area contributed by atoms with E-state index in [2.05, 4.69) is 5.32 Å². The number of benzene rings is 1. The highest BCUT2D eigenvalue weighted by Gasteiger charge is 2.36. The van der Waals surface area contributed by atoms with Gasteiger partial charge in [-0.25, -0.2) is 0 Å². The van der Waals surface area contributed by atoms with Crippen molar-refractivity contribution >= 4 is 17.5 Å². The predicted octanol–water partition coefficient (Wildman–Crippen LogP) is 1.09. The Hall–Kier alpha value is -2.24. The third kappa shape index (κ3) is 2.49. The molecule has 2 aliphatic heterocycles. The molecule has 2 amide bonds. The SMILES string of the molecule is O=C(NC1CC(=O)N(c2ccc3c(c2)OCCO3)C1)C1CC1. The molecule has 116 valence electrons. The quantitative estimate of drug-likeness (QED) is 0.907. The Morgan fingerprint density at radius 3 is 2.73 bits per heavy atom. The van der Waals surface area contributed by atoms with E-state index in [1.807, 2.05) is 18.2 Å². The number of anilines is 1. The molecule has 4 rings (SSSR count). The smallest absolute Gasteiger partial charge is 0.229 e. The lowest BCUT2D eigenvalue weighted by Gasteiger charge is -2.22. The fraction of sp³-hybridized carbons (Fsp3) is 0.500. The topological polar surface area (TPSA) is 67.9 Å². The first-order valence-corrected chi connectivity index (χ1v) is 7.71. The molecule has 6 nitrogen and oxygen atoms in total. The monoisotopic (exact) mass is 302 g/mol. The summed E-state index contributed by atoms with van der Waals surface area (Å²) in [5, 5.41) is 2.98. The maximum Gasteiger partial charge on any atom is 0.229 e. The maximum atomic E-state index is 12.2. The van der Waals surface area contributed by atoms with E-state index >= 15 is 0 Å². The van der Waals surface area contributed by atoms with Crippen molar-refractivity contribution in [1.82, 2.24) is 5.32 Å². The van der Waals surface area contributed by atoms with Gasteiger partial charge >= 0.3 is 0 Å². The number of hydrogen-bond acceptors (Lipinski definition) is 4. The molecule has 1 saturated carbocycles. The van der Waals surface area contributed by atoms with Gasteiger partial charge < -0.3 is 19.7 Å². The second-order valence-electron chi connectivity index (χ2n) is 6.02. The lowest BCUT2D eigenvalue weighted by atomic mass is 10.2. The summed E-state index contributed by atoms with van der Waals surface area (Å²) < 4.78 is 11.0. The van der Waals surface area contributed by atoms with Gasteiger partial charge in [0, 0.05) is 30.6 Å². The van der Waals surface area contributed by atoms with Gasteiger partial charge in [0.1, 0.15) is 13.2 Å². The molecule has 0 bridgehead atoms. The summed E-state index contributed by atoms with van der Waals surface area (Å²) in [6.07, 6.45) is 2.30. The molecule has 2 heterocycles. The van der Waals surface area contributed by atoms with Crippen LogP contribution in [0.5, 0.6) is 11.5 Å². The van der Waals surface area contributed by atoms with Gasteiger partial charge in [-0.15, -0.1) is 0 Å². The van der Waals surface area contributed by atoms with Crippen molar-refractivity contribution in [3.63, 3.8) is 0 Å². The van der Waals surface area contributed by atoms with Crippen molar-refractivity contribution in [1.29, 1.82) is 0 Å². The summed E-state index contributed by atoms with van der Waals surface area (Å²) in [5.74, 6) is 1.65. The third-order valence-corrected chi connectivity index (χ3v) is 4.26. The van der Waals surface area contributed by atoms with Crippen LogP contribution in [0.3, 0.4) is 0 Å². The minimum absolute atomic E-state index is 0.0257. The van der Waals surface area contributed by atoms with Gasteiger partial charge in [-0.3, -0.25) is 9.59 Å². The standard InChI is InChI=1S/C16H18N2O4/c19-15-7-11(17-16(20)10-1-2-10)9-18(15)12-3-4-13-14(8-12)22-6-5-21-13/h3-4,8,10-11H,1-2,5-7,9H2,(H,17,20). The molecule has 0 aromatic heterocycles. The van der Waals surface area contributed by atoms with Gasteiger partial charge in [0.05, 0.1) is 6.04 Å². The first kappa shape index (κ1) is 13.4. The minimum Gasteiger partial charge on any atom is -0.486 e. The normalized spacial score (nSPS) is 23.5. The summed E-state index contributed by atoms with van der Waals surface area (Å²) in [5.41, 5.74) is 0.789. The molecule has 1 unspecified atom stereocenters. The highest BCUT2D eigenvalue weighted by molar-refractivity contribution is 5.97. The molecular formula is C16H18N2O4. The predicted molar refractivity (Wildman–Crippen MR) is 79.1 cm³/mol. The number of ether oxygens (including phenoxy) is 2. The van der Waals surface area contributed by atoms with E-state index in [4.69, 9.17) is 9.47 Å². The van der Waals surface area contributed by atoms with Crippen molar-refractivity contribution < 1.29 is 19.1 Å². The number of hydrogen-bond donors (Lipinski definition) is 1. The molecule has 1 N–H and O–H groups in total. The van der Waals surface area contributed by atoms with Crippen LogP contribution in [0.25, 0.3) is 0 Å². The van der Waals surface area contributed by atoms with E-state index in [-0.39, 0.29) is 23.8 Å². The lowest BCUT2D eigenvalue weighted by molar-refractivity contribution is -0.122. The van der Waals surface area contributed by atoms with Gasteiger partial charge in [0.25, 0.3) is 0 Å². The highest BCUT2D eigenvalue weighted by Crippen LogP contribution is 2.35. The Morgan fingerprint density at radius 1 is 1.18 bits per heavy atom. The molecule has 22 heavy (non-hydrogen) atoms. The van der Waals surface area contributed by atoms with E-state index in [0.717, 1.165) is 18.5 Å². The van der Waals surface area contributed by atoms with Crippen LogP contribution in [0.1, 0.15) is 19.3 Å². The average molecular weight is 302 g/mol. The Kier molecular flexibility index (Phi) is 3.17. The van der Waals surface area contributed by atoms with Crippen molar-refractivity contribution in [2.45, 2.75) is 25.3 Å². The number of nitrogens with one attached hydrogen (secondary N) is 1. The minimum atomic E-state index is -0.103. The lowest BCUT2D eigenvalue weighted by Crippen LogP contribution is -2.38. The van der Waals surface area contributed by atoms with Crippen LogP contribution in [0.4, 0.5) is 5.69 Å². The fourth-order valence-electron chi connectivity index (χ4n) is 2.92. The first-order valence-electron chi connectivity index (χ1n) is 7.71. The second-order valence-corrected chi connectivity index (χ2v) is 6.02. The van der Waals surface area contributed by atoms with Crippen molar-refractivity contribution in [3.8, 4) is 11.5 Å². The Bertz CT molecular complexity index is 627. The number of carbonyl (C=O) groups excluding carboxylic acids is 2. The van der Waals surface area contributed by atoms with Crippen LogP contribution in [-0.2, 0) is 9.59 Å². The zero-order valence-corrected chi connectivity index (χ0v) is 12.2. The molecular weight excluding hydrogens is 284 g/mol. The van der Waals surface area contributed by atoms with Crippen LogP contribution >= 0.6 is 0 Å². The highest BCUT2D eigenvalue weighted by atomic mass is 16.6. The van der Waals surface area contributed by atoms with Crippen LogP contribution < -0.4 is 19.7 Å². The molecule has 1 aromatic rings. The van der Waals surface area contributed by atoms with E-state index < -0.39 is 0 Å². The molecule has 1 saturated heterocycles. The van der Waals surface area contributed by atoms with Crippen molar-refractivity contribution in [2.24, 2.45) is 5.92 Å². The Labute approximate surface area is 128 Å². The number of fused-ring (bicyclic) bond motifs is 1. The molecule has 6 heteroatoms. The van der Waals surface area contributed by atoms with Crippen molar-refractivity contribution in [3.05, 3.63) is 18.2 Å². The third-order valence-electron chi connectivity index (χ3n) is 4.26. The molecule has 3 aliphatic rings. The first-order chi connectivity index (χ1) is 10.7. The molecule has 2 fully saturated rings. The number of carbonyl (C=O) groups is 2. The van der Waals surface area contributed by atoms with Gasteiger partial charge in [0.15, 0.2) is 11.5 Å². The number of rotatable bonds is 3. The number of amides is 2. The van der Waals surface area contributed by atoms with Crippen LogP contribution in [0.2, 0.25) is 0 Å². The molecule has 1 aliphatic carbocycles. The Morgan fingerprint density at radius 2 is 1.95 bits per heavy atom. The van der Waals surface area contributed by atoms with Gasteiger partial charge in [-0.05, 0) is 25.0 Å². The molecule has 1 aromatic carbocycles. The Balaban J connectivity index is 1.47. The zero-order chi connectivity index (χ0) is 15.1. The van der Waals surface area contributed by atoms with E-state index in [1.54, 1.807) is 4.90 Å². The van der Waals surface area contributed by atoms with Crippen LogP contribution in [0.15, 0.2) is 18.2 Å². The zero-order valence-electron chi connectivity index (χ0n) is 12.2. The fourth-order valence-corrected chi connectivity index (χ4v) is 2.92. The van der Waals surface area contributed by atoms with Crippen LogP contribution in [-0.4, -0.2) is 37.6 Å². The summed E-state index contributed by atoms with van der Waals surface area (Å²) in [7, 11) is 0.